The Labute approximate surface area is 186 Å². The van der Waals surface area contributed by atoms with Crippen molar-refractivity contribution in [1.82, 2.24) is 5.32 Å². The molecule has 1 radical (unpaired) electrons. The maximum atomic E-state index is 5.61. The largest absolute Gasteiger partial charge is 0.496 e. The van der Waals surface area contributed by atoms with Gasteiger partial charge < -0.3 is 9.47 Å². The number of halogens is 2. The third-order valence-electron chi connectivity index (χ3n) is 4.52. The van der Waals surface area contributed by atoms with Gasteiger partial charge in [0.2, 0.25) is 0 Å². The fourth-order valence-electron chi connectivity index (χ4n) is 3.17. The number of methoxy groups -OCH3 is 2. The van der Waals surface area contributed by atoms with Gasteiger partial charge in [-0.1, -0.05) is 62.2 Å². The van der Waals surface area contributed by atoms with Gasteiger partial charge in [-0.05, 0) is 36.4 Å². The summed E-state index contributed by atoms with van der Waals surface area (Å²) in [6.07, 6.45) is 0. The fraction of sp³-hybridized carbons (Fsp3) is 0.0870. The molecule has 0 spiro atoms. The molecule has 1 heterocycles. The molecule has 6 heteroatoms. The van der Waals surface area contributed by atoms with Crippen LogP contribution in [0.1, 0.15) is 16.7 Å². The zero-order valence-electron chi connectivity index (χ0n) is 15.8. The van der Waals surface area contributed by atoms with Gasteiger partial charge in [-0.2, -0.15) is 0 Å². The van der Waals surface area contributed by atoms with Crippen molar-refractivity contribution in [3.05, 3.63) is 92.4 Å². The average Bonchev–Trinajstić information content (AvgIpc) is 3.19. The van der Waals surface area contributed by atoms with Gasteiger partial charge in [0.05, 0.1) is 14.2 Å². The number of rotatable bonds is 5. The summed E-state index contributed by atoms with van der Waals surface area (Å²) in [5.41, 5.74) is 4.13. The van der Waals surface area contributed by atoms with E-state index in [2.05, 4.69) is 31.9 Å². The van der Waals surface area contributed by atoms with Crippen LogP contribution < -0.4 is 14.8 Å². The highest BCUT2D eigenvalue weighted by atomic mass is 79.9. The molecule has 0 amide bonds. The van der Waals surface area contributed by atoms with Crippen LogP contribution in [0.15, 0.2) is 80.7 Å². The smallest absolute Gasteiger partial charge is 0.160 e. The van der Waals surface area contributed by atoms with Gasteiger partial charge in [-0.25, -0.2) is 10.3 Å². The molecule has 0 N–H and O–H groups in total. The van der Waals surface area contributed by atoms with E-state index in [4.69, 9.17) is 19.8 Å². The summed E-state index contributed by atoms with van der Waals surface area (Å²) in [5, 5.41) is 4.90. The van der Waals surface area contributed by atoms with Gasteiger partial charge >= 0.3 is 0 Å². The van der Waals surface area contributed by atoms with Crippen LogP contribution in [-0.2, 0) is 0 Å². The molecule has 0 atom stereocenters. The lowest BCUT2D eigenvalue weighted by Gasteiger charge is -2.13. The van der Waals surface area contributed by atoms with Gasteiger partial charge in [-0.15, -0.1) is 0 Å². The normalized spacial score (nSPS) is 13.2. The van der Waals surface area contributed by atoms with E-state index in [-0.39, 0.29) is 0 Å². The van der Waals surface area contributed by atoms with Crippen LogP contribution in [0, 0.1) is 0 Å². The van der Waals surface area contributed by atoms with Gasteiger partial charge in [0.15, 0.2) is 5.84 Å². The van der Waals surface area contributed by atoms with Crippen molar-refractivity contribution in [2.45, 2.75) is 0 Å². The predicted octanol–water partition coefficient (Wildman–Crippen LogP) is 6.12. The van der Waals surface area contributed by atoms with E-state index in [9.17, 15) is 0 Å². The topological polar surface area (TPSA) is 44.9 Å². The first-order valence-electron chi connectivity index (χ1n) is 8.88. The molecule has 4 nitrogen and oxygen atoms in total. The fourth-order valence-corrected chi connectivity index (χ4v) is 3.89. The number of hydrogen-bond acceptors (Lipinski definition) is 3. The molecular formula is C23H17Br2N2O2. The van der Waals surface area contributed by atoms with Crippen LogP contribution >= 0.6 is 31.9 Å². The summed E-state index contributed by atoms with van der Waals surface area (Å²) in [6, 6.07) is 21.6. The SMILES string of the molecule is COc1ccc(Br)cc1C1=C(c2cc(Br)ccc2OC)N=C(c2ccccc2)[N]1. The van der Waals surface area contributed by atoms with Crippen LogP contribution in [0.25, 0.3) is 11.4 Å². The van der Waals surface area contributed by atoms with Crippen LogP contribution in [0.3, 0.4) is 0 Å². The van der Waals surface area contributed by atoms with E-state index < -0.39 is 0 Å². The van der Waals surface area contributed by atoms with Crippen molar-refractivity contribution in [3.63, 3.8) is 0 Å². The molecule has 0 saturated carbocycles. The molecular weight excluding hydrogens is 496 g/mol. The van der Waals surface area contributed by atoms with E-state index in [0.717, 1.165) is 48.5 Å². The van der Waals surface area contributed by atoms with Crippen molar-refractivity contribution in [3.8, 4) is 11.5 Å². The molecule has 0 saturated heterocycles. The van der Waals surface area contributed by atoms with E-state index in [1.807, 2.05) is 66.7 Å². The average molecular weight is 513 g/mol. The maximum Gasteiger partial charge on any atom is 0.160 e. The zero-order chi connectivity index (χ0) is 20.4. The second kappa shape index (κ2) is 8.43. The Kier molecular flexibility index (Phi) is 5.74. The summed E-state index contributed by atoms with van der Waals surface area (Å²) in [4.78, 5) is 4.90. The molecule has 0 unspecified atom stereocenters. The van der Waals surface area contributed by atoms with Gasteiger partial charge in [0, 0.05) is 25.6 Å². The third-order valence-corrected chi connectivity index (χ3v) is 5.51. The Bertz CT molecular complexity index is 1120. The molecule has 0 fully saturated rings. The van der Waals surface area contributed by atoms with Crippen molar-refractivity contribution in [2.24, 2.45) is 4.99 Å². The summed E-state index contributed by atoms with van der Waals surface area (Å²) >= 11 is 7.12. The molecule has 3 aromatic rings. The first-order valence-corrected chi connectivity index (χ1v) is 10.5. The standard InChI is InChI=1S/C23H17Br2N2O2/c1-28-19-10-8-15(24)12-17(19)21-22(18-13-16(25)9-11-20(18)29-2)27-23(26-21)14-6-4-3-5-7-14/h3-13H,1-2H3. The van der Waals surface area contributed by atoms with E-state index >= 15 is 0 Å². The van der Waals surface area contributed by atoms with E-state index in [1.54, 1.807) is 14.2 Å². The Morgan fingerprint density at radius 2 is 1.24 bits per heavy atom. The summed E-state index contributed by atoms with van der Waals surface area (Å²) in [7, 11) is 3.31. The first-order chi connectivity index (χ1) is 14.1. The maximum absolute atomic E-state index is 5.61. The van der Waals surface area contributed by atoms with Crippen LogP contribution in [-0.4, -0.2) is 20.1 Å². The van der Waals surface area contributed by atoms with Crippen LogP contribution in [0.4, 0.5) is 0 Å². The van der Waals surface area contributed by atoms with Crippen LogP contribution in [0.2, 0.25) is 0 Å². The minimum Gasteiger partial charge on any atom is -0.496 e. The number of aliphatic imine (C=N–C) groups is 1. The number of ether oxygens (including phenoxy) is 2. The van der Waals surface area contributed by atoms with Gasteiger partial charge in [0.25, 0.3) is 0 Å². The quantitative estimate of drug-likeness (QED) is 0.413. The van der Waals surface area contributed by atoms with E-state index in [1.165, 1.54) is 0 Å². The summed E-state index contributed by atoms with van der Waals surface area (Å²) < 4.78 is 13.1. The minimum atomic E-state index is 0.652. The zero-order valence-corrected chi connectivity index (χ0v) is 19.0. The Hall–Kier alpha value is -2.57. The third kappa shape index (κ3) is 3.95. The lowest BCUT2D eigenvalue weighted by molar-refractivity contribution is 0.412. The van der Waals surface area contributed by atoms with Gasteiger partial charge in [-0.3, -0.25) is 0 Å². The number of nitrogens with zero attached hydrogens (tertiary/aromatic N) is 2. The molecule has 1 aliphatic rings. The van der Waals surface area contributed by atoms with E-state index in [0.29, 0.717) is 5.84 Å². The molecule has 0 aliphatic carbocycles. The van der Waals surface area contributed by atoms with Crippen LogP contribution in [0.5, 0.6) is 11.5 Å². The molecule has 29 heavy (non-hydrogen) atoms. The predicted molar refractivity (Wildman–Crippen MR) is 123 cm³/mol. The number of hydrogen-bond donors (Lipinski definition) is 0. The minimum absolute atomic E-state index is 0.652. The van der Waals surface area contributed by atoms with Crippen molar-refractivity contribution in [1.29, 1.82) is 0 Å². The molecule has 3 aromatic carbocycles. The monoisotopic (exact) mass is 511 g/mol. The Morgan fingerprint density at radius 3 is 1.79 bits per heavy atom. The second-order valence-corrected chi connectivity index (χ2v) is 8.13. The Balaban J connectivity index is 1.95. The lowest BCUT2D eigenvalue weighted by atomic mass is 10.0. The highest BCUT2D eigenvalue weighted by molar-refractivity contribution is 9.10. The highest BCUT2D eigenvalue weighted by Crippen LogP contribution is 2.41. The lowest BCUT2D eigenvalue weighted by Crippen LogP contribution is -2.12. The number of benzene rings is 3. The number of amidine groups is 1. The van der Waals surface area contributed by atoms with Crippen molar-refractivity contribution < 1.29 is 9.47 Å². The van der Waals surface area contributed by atoms with Gasteiger partial charge in [0.1, 0.15) is 22.9 Å². The highest BCUT2D eigenvalue weighted by Gasteiger charge is 2.27. The summed E-state index contributed by atoms with van der Waals surface area (Å²) in [5.74, 6) is 2.10. The molecule has 0 aromatic heterocycles. The second-order valence-electron chi connectivity index (χ2n) is 6.30. The molecule has 1 aliphatic heterocycles. The summed E-state index contributed by atoms with van der Waals surface area (Å²) in [6.45, 7) is 0. The Morgan fingerprint density at radius 1 is 0.690 bits per heavy atom. The first kappa shape index (κ1) is 19.7. The molecule has 0 bridgehead atoms. The van der Waals surface area contributed by atoms with Crippen molar-refractivity contribution in [2.75, 3.05) is 14.2 Å². The molecule has 145 valence electrons. The van der Waals surface area contributed by atoms with Crippen molar-refractivity contribution >= 4 is 49.1 Å². The molecule has 4 rings (SSSR count).